The van der Waals surface area contributed by atoms with Crippen molar-refractivity contribution in [2.75, 3.05) is 0 Å². The molecule has 0 radical (unpaired) electrons. The first-order valence-electron chi connectivity index (χ1n) is 4.78. The van der Waals surface area contributed by atoms with Gasteiger partial charge in [-0.1, -0.05) is 0 Å². The molecule has 0 bridgehead atoms. The molecular formula is C11H12N2O2. The highest BCUT2D eigenvalue weighted by atomic mass is 16.3. The van der Waals surface area contributed by atoms with Gasteiger partial charge in [0, 0.05) is 24.4 Å². The summed E-state index contributed by atoms with van der Waals surface area (Å²) < 4.78 is 5.30. The van der Waals surface area contributed by atoms with E-state index >= 15 is 0 Å². The third-order valence-electron chi connectivity index (χ3n) is 1.98. The van der Waals surface area contributed by atoms with E-state index in [9.17, 15) is 5.11 Å². The van der Waals surface area contributed by atoms with Crippen molar-refractivity contribution in [3.8, 4) is 11.5 Å². The molecule has 2 aromatic rings. The van der Waals surface area contributed by atoms with Crippen LogP contribution in [0.1, 0.15) is 12.6 Å². The molecule has 78 valence electrons. The summed E-state index contributed by atoms with van der Waals surface area (Å²) in [6.07, 6.45) is 5.05. The summed E-state index contributed by atoms with van der Waals surface area (Å²) in [7, 11) is 0. The molecule has 0 aromatic carbocycles. The fourth-order valence-electron chi connectivity index (χ4n) is 1.33. The SMILES string of the molecule is CC(O)Cc1coc(-c2ccncc2)n1. The summed E-state index contributed by atoms with van der Waals surface area (Å²) in [5.41, 5.74) is 1.65. The molecular weight excluding hydrogens is 192 g/mol. The molecule has 0 aliphatic heterocycles. The van der Waals surface area contributed by atoms with Gasteiger partial charge < -0.3 is 9.52 Å². The third-order valence-corrected chi connectivity index (χ3v) is 1.98. The molecule has 0 amide bonds. The topological polar surface area (TPSA) is 59.2 Å². The van der Waals surface area contributed by atoms with Crippen molar-refractivity contribution in [3.63, 3.8) is 0 Å². The first-order valence-corrected chi connectivity index (χ1v) is 4.78. The maximum absolute atomic E-state index is 9.19. The van der Waals surface area contributed by atoms with Crippen LogP contribution in [0.25, 0.3) is 11.5 Å². The Morgan fingerprint density at radius 1 is 1.40 bits per heavy atom. The van der Waals surface area contributed by atoms with E-state index < -0.39 is 6.10 Å². The van der Waals surface area contributed by atoms with E-state index in [1.807, 2.05) is 12.1 Å². The summed E-state index contributed by atoms with van der Waals surface area (Å²) in [4.78, 5) is 8.18. The Balaban J connectivity index is 2.21. The Labute approximate surface area is 87.6 Å². The lowest BCUT2D eigenvalue weighted by atomic mass is 10.2. The monoisotopic (exact) mass is 204 g/mol. The molecule has 1 N–H and O–H groups in total. The Kier molecular flexibility index (Phi) is 2.78. The highest BCUT2D eigenvalue weighted by Gasteiger charge is 2.07. The summed E-state index contributed by atoms with van der Waals surface area (Å²) in [5, 5.41) is 9.19. The van der Waals surface area contributed by atoms with Gasteiger partial charge in [0.25, 0.3) is 0 Å². The standard InChI is InChI=1S/C11H12N2O2/c1-8(14)6-10-7-15-11(13-10)9-2-4-12-5-3-9/h2-5,7-8,14H,6H2,1H3. The maximum Gasteiger partial charge on any atom is 0.226 e. The van der Waals surface area contributed by atoms with Crippen molar-refractivity contribution >= 4 is 0 Å². The van der Waals surface area contributed by atoms with Crippen LogP contribution in [0, 0.1) is 0 Å². The second kappa shape index (κ2) is 4.23. The highest BCUT2D eigenvalue weighted by Crippen LogP contribution is 2.17. The number of hydrogen-bond donors (Lipinski definition) is 1. The van der Waals surface area contributed by atoms with Gasteiger partial charge in [0.2, 0.25) is 5.89 Å². The van der Waals surface area contributed by atoms with Crippen molar-refractivity contribution in [2.24, 2.45) is 0 Å². The van der Waals surface area contributed by atoms with E-state index in [2.05, 4.69) is 9.97 Å². The first kappa shape index (κ1) is 9.86. The second-order valence-electron chi connectivity index (χ2n) is 3.43. The third kappa shape index (κ3) is 2.41. The molecule has 15 heavy (non-hydrogen) atoms. The van der Waals surface area contributed by atoms with Crippen molar-refractivity contribution in [3.05, 3.63) is 36.5 Å². The van der Waals surface area contributed by atoms with Gasteiger partial charge >= 0.3 is 0 Å². The minimum Gasteiger partial charge on any atom is -0.444 e. The van der Waals surface area contributed by atoms with Crippen molar-refractivity contribution in [2.45, 2.75) is 19.4 Å². The van der Waals surface area contributed by atoms with Crippen LogP contribution in [0.4, 0.5) is 0 Å². The van der Waals surface area contributed by atoms with E-state index in [4.69, 9.17) is 4.42 Å². The van der Waals surface area contributed by atoms with Gasteiger partial charge in [-0.15, -0.1) is 0 Å². The van der Waals surface area contributed by atoms with Gasteiger partial charge in [-0.3, -0.25) is 4.98 Å². The fourth-order valence-corrected chi connectivity index (χ4v) is 1.33. The van der Waals surface area contributed by atoms with Gasteiger partial charge in [0.05, 0.1) is 11.8 Å². The lowest BCUT2D eigenvalue weighted by Gasteiger charge is -1.97. The molecule has 0 spiro atoms. The van der Waals surface area contributed by atoms with Gasteiger partial charge in [0.15, 0.2) is 0 Å². The number of oxazole rings is 1. The molecule has 2 rings (SSSR count). The predicted octanol–water partition coefficient (Wildman–Crippen LogP) is 1.66. The highest BCUT2D eigenvalue weighted by molar-refractivity contribution is 5.51. The Bertz CT molecular complexity index is 423. The van der Waals surface area contributed by atoms with Crippen molar-refractivity contribution in [1.29, 1.82) is 0 Å². The van der Waals surface area contributed by atoms with Crippen LogP contribution in [0.3, 0.4) is 0 Å². The molecule has 4 nitrogen and oxygen atoms in total. The zero-order valence-corrected chi connectivity index (χ0v) is 8.42. The second-order valence-corrected chi connectivity index (χ2v) is 3.43. The van der Waals surface area contributed by atoms with Crippen LogP contribution >= 0.6 is 0 Å². The largest absolute Gasteiger partial charge is 0.444 e. The quantitative estimate of drug-likeness (QED) is 0.826. The number of aromatic nitrogens is 2. The van der Waals surface area contributed by atoms with Crippen LogP contribution in [-0.4, -0.2) is 21.2 Å². The smallest absolute Gasteiger partial charge is 0.226 e. The van der Waals surface area contributed by atoms with E-state index in [-0.39, 0.29) is 0 Å². The maximum atomic E-state index is 9.19. The number of aliphatic hydroxyl groups excluding tert-OH is 1. The summed E-state index contributed by atoms with van der Waals surface area (Å²) in [6.45, 7) is 1.72. The lowest BCUT2D eigenvalue weighted by Crippen LogP contribution is -2.04. The average Bonchev–Trinajstić information content (AvgIpc) is 2.67. The van der Waals surface area contributed by atoms with Crippen LogP contribution < -0.4 is 0 Å². The van der Waals surface area contributed by atoms with Gasteiger partial charge in [-0.05, 0) is 19.1 Å². The van der Waals surface area contributed by atoms with Crippen LogP contribution in [0.5, 0.6) is 0 Å². The van der Waals surface area contributed by atoms with E-state index in [1.165, 1.54) is 0 Å². The number of nitrogens with zero attached hydrogens (tertiary/aromatic N) is 2. The van der Waals surface area contributed by atoms with Crippen molar-refractivity contribution < 1.29 is 9.52 Å². The molecule has 0 saturated carbocycles. The normalized spacial score (nSPS) is 12.7. The van der Waals surface area contributed by atoms with Crippen LogP contribution in [-0.2, 0) is 6.42 Å². The van der Waals surface area contributed by atoms with E-state index in [0.717, 1.165) is 11.3 Å². The number of pyridine rings is 1. The minimum absolute atomic E-state index is 0.402. The molecule has 0 saturated heterocycles. The summed E-state index contributed by atoms with van der Waals surface area (Å²) in [5.74, 6) is 0.563. The molecule has 4 heteroatoms. The van der Waals surface area contributed by atoms with Gasteiger partial charge in [-0.25, -0.2) is 4.98 Å². The molecule has 2 aromatic heterocycles. The molecule has 0 fully saturated rings. The Morgan fingerprint density at radius 3 is 2.80 bits per heavy atom. The summed E-state index contributed by atoms with van der Waals surface area (Å²) >= 11 is 0. The van der Waals surface area contributed by atoms with Crippen LogP contribution in [0.2, 0.25) is 0 Å². The number of rotatable bonds is 3. The van der Waals surface area contributed by atoms with Crippen LogP contribution in [0.15, 0.2) is 35.2 Å². The first-order chi connectivity index (χ1) is 7.25. The average molecular weight is 204 g/mol. The lowest BCUT2D eigenvalue weighted by molar-refractivity contribution is 0.194. The molecule has 1 atom stereocenters. The molecule has 1 unspecified atom stereocenters. The number of aliphatic hydroxyl groups is 1. The fraction of sp³-hybridized carbons (Fsp3) is 0.273. The van der Waals surface area contributed by atoms with E-state index in [1.54, 1.807) is 25.6 Å². The zero-order chi connectivity index (χ0) is 10.7. The van der Waals surface area contributed by atoms with Gasteiger partial charge in [0.1, 0.15) is 6.26 Å². The van der Waals surface area contributed by atoms with Gasteiger partial charge in [-0.2, -0.15) is 0 Å². The number of hydrogen-bond acceptors (Lipinski definition) is 4. The Morgan fingerprint density at radius 2 is 2.13 bits per heavy atom. The predicted molar refractivity (Wildman–Crippen MR) is 55.1 cm³/mol. The minimum atomic E-state index is -0.402. The summed E-state index contributed by atoms with van der Waals surface area (Å²) in [6, 6.07) is 3.66. The zero-order valence-electron chi connectivity index (χ0n) is 8.42. The molecule has 0 aliphatic carbocycles. The Hall–Kier alpha value is -1.68. The van der Waals surface area contributed by atoms with E-state index in [0.29, 0.717) is 12.3 Å². The molecule has 2 heterocycles. The molecule has 0 aliphatic rings. The van der Waals surface area contributed by atoms with Crippen molar-refractivity contribution in [1.82, 2.24) is 9.97 Å².